The van der Waals surface area contributed by atoms with E-state index in [1.165, 1.54) is 25.1 Å². The Morgan fingerprint density at radius 1 is 1.18 bits per heavy atom. The standard InChI is InChI=1S/C25H24F2N4O2/c1-16(32)33-12-11-21-22-3-2-4-23(27)25(22)30-15-19(9-10-24(21)30)31-20(14-28-29-31)13-17-5-7-18(26)8-6-17/h2-8,14,19H,9-13,15H2,1H3/t19-/m1/s1. The van der Waals surface area contributed by atoms with Crippen LogP contribution in [0.1, 0.15) is 41.9 Å². The second-order valence-corrected chi connectivity index (χ2v) is 8.43. The zero-order valence-electron chi connectivity index (χ0n) is 18.3. The Kier molecular flexibility index (Phi) is 5.66. The van der Waals surface area contributed by atoms with Gasteiger partial charge in [-0.05, 0) is 42.2 Å². The minimum atomic E-state index is -0.321. The Morgan fingerprint density at radius 2 is 2.00 bits per heavy atom. The molecule has 3 heterocycles. The van der Waals surface area contributed by atoms with Crippen LogP contribution in [0, 0.1) is 11.6 Å². The molecule has 0 saturated heterocycles. The predicted molar refractivity (Wildman–Crippen MR) is 119 cm³/mol. The van der Waals surface area contributed by atoms with Crippen molar-refractivity contribution in [2.45, 2.75) is 45.2 Å². The van der Waals surface area contributed by atoms with Gasteiger partial charge in [-0.2, -0.15) is 0 Å². The number of hydrogen-bond acceptors (Lipinski definition) is 4. The third kappa shape index (κ3) is 4.13. The number of halogens is 2. The maximum absolute atomic E-state index is 14.9. The molecule has 1 atom stereocenters. The number of rotatable bonds is 6. The molecule has 0 N–H and O–H groups in total. The highest BCUT2D eigenvalue weighted by Crippen LogP contribution is 2.36. The monoisotopic (exact) mass is 450 g/mol. The van der Waals surface area contributed by atoms with Gasteiger partial charge in [-0.3, -0.25) is 4.79 Å². The molecule has 6 nitrogen and oxygen atoms in total. The van der Waals surface area contributed by atoms with Crippen molar-refractivity contribution in [3.8, 4) is 0 Å². The van der Waals surface area contributed by atoms with Crippen LogP contribution in [0.5, 0.6) is 0 Å². The first-order valence-corrected chi connectivity index (χ1v) is 11.1. The van der Waals surface area contributed by atoms with Crippen molar-refractivity contribution in [3.05, 3.63) is 82.8 Å². The molecule has 33 heavy (non-hydrogen) atoms. The molecule has 0 radical (unpaired) electrons. The van der Waals surface area contributed by atoms with Crippen LogP contribution < -0.4 is 0 Å². The van der Waals surface area contributed by atoms with Crippen molar-refractivity contribution in [2.24, 2.45) is 0 Å². The highest BCUT2D eigenvalue weighted by atomic mass is 19.1. The fourth-order valence-electron chi connectivity index (χ4n) is 4.86. The first kappa shape index (κ1) is 21.3. The quantitative estimate of drug-likeness (QED) is 0.409. The van der Waals surface area contributed by atoms with E-state index >= 15 is 0 Å². The summed E-state index contributed by atoms with van der Waals surface area (Å²) in [7, 11) is 0. The maximum Gasteiger partial charge on any atom is 0.302 e. The van der Waals surface area contributed by atoms with Crippen molar-refractivity contribution in [1.29, 1.82) is 0 Å². The largest absolute Gasteiger partial charge is 0.466 e. The lowest BCUT2D eigenvalue weighted by molar-refractivity contribution is -0.140. The molecule has 0 aliphatic carbocycles. The molecule has 1 aliphatic rings. The molecule has 4 aromatic rings. The molecule has 0 saturated carbocycles. The summed E-state index contributed by atoms with van der Waals surface area (Å²) >= 11 is 0. The summed E-state index contributed by atoms with van der Waals surface area (Å²) in [5.41, 5.74) is 4.60. The summed E-state index contributed by atoms with van der Waals surface area (Å²) in [4.78, 5) is 11.2. The van der Waals surface area contributed by atoms with E-state index in [2.05, 4.69) is 10.3 Å². The van der Waals surface area contributed by atoms with E-state index < -0.39 is 0 Å². The van der Waals surface area contributed by atoms with Crippen molar-refractivity contribution in [3.63, 3.8) is 0 Å². The fraction of sp³-hybridized carbons (Fsp3) is 0.320. The SMILES string of the molecule is CC(=O)OCCc1c2n(c3c(F)cccc13)C[C@H](n1nncc1Cc1ccc(F)cc1)CC2. The molecule has 1 aliphatic heterocycles. The summed E-state index contributed by atoms with van der Waals surface area (Å²) in [6, 6.07) is 11.6. The van der Waals surface area contributed by atoms with Crippen LogP contribution >= 0.6 is 0 Å². The minimum Gasteiger partial charge on any atom is -0.466 e. The number of benzene rings is 2. The zero-order valence-corrected chi connectivity index (χ0v) is 18.3. The van der Waals surface area contributed by atoms with Gasteiger partial charge in [0.15, 0.2) is 0 Å². The van der Waals surface area contributed by atoms with E-state index in [9.17, 15) is 13.6 Å². The third-order valence-electron chi connectivity index (χ3n) is 6.31. The van der Waals surface area contributed by atoms with Crippen molar-refractivity contribution >= 4 is 16.9 Å². The van der Waals surface area contributed by atoms with Crippen LogP contribution in [0.25, 0.3) is 10.9 Å². The summed E-state index contributed by atoms with van der Waals surface area (Å²) in [6.07, 6.45) is 4.46. The zero-order chi connectivity index (χ0) is 22.9. The number of para-hydroxylation sites is 1. The molecule has 8 heteroatoms. The van der Waals surface area contributed by atoms with Crippen LogP contribution in [-0.4, -0.2) is 32.1 Å². The number of fused-ring (bicyclic) bond motifs is 3. The minimum absolute atomic E-state index is 0.0203. The van der Waals surface area contributed by atoms with Crippen LogP contribution in [0.4, 0.5) is 8.78 Å². The van der Waals surface area contributed by atoms with Crippen molar-refractivity contribution < 1.29 is 18.3 Å². The van der Waals surface area contributed by atoms with Gasteiger partial charge in [0.05, 0.1) is 30.1 Å². The van der Waals surface area contributed by atoms with E-state index in [1.54, 1.807) is 24.4 Å². The number of esters is 1. The van der Waals surface area contributed by atoms with E-state index in [4.69, 9.17) is 4.74 Å². The number of nitrogens with zero attached hydrogens (tertiary/aromatic N) is 4. The molecular formula is C25H24F2N4O2. The van der Waals surface area contributed by atoms with E-state index in [0.29, 0.717) is 24.9 Å². The van der Waals surface area contributed by atoms with Gasteiger partial charge in [0, 0.05) is 37.4 Å². The van der Waals surface area contributed by atoms with Crippen molar-refractivity contribution in [2.75, 3.05) is 6.61 Å². The van der Waals surface area contributed by atoms with E-state index in [-0.39, 0.29) is 30.3 Å². The van der Waals surface area contributed by atoms with Crippen molar-refractivity contribution in [1.82, 2.24) is 19.6 Å². The highest BCUT2D eigenvalue weighted by molar-refractivity contribution is 5.86. The first-order chi connectivity index (χ1) is 16.0. The molecule has 170 valence electrons. The Hall–Kier alpha value is -3.55. The van der Waals surface area contributed by atoms with Crippen LogP contribution in [-0.2, 0) is 35.3 Å². The summed E-state index contributed by atoms with van der Waals surface area (Å²) in [5.74, 6) is -0.854. The van der Waals surface area contributed by atoms with Gasteiger partial charge in [-0.1, -0.05) is 29.5 Å². The number of aromatic nitrogens is 4. The molecule has 0 spiro atoms. The normalized spacial score (nSPS) is 15.5. The number of carbonyl (C=O) groups is 1. The first-order valence-electron chi connectivity index (χ1n) is 11.1. The fourth-order valence-corrected chi connectivity index (χ4v) is 4.86. The lowest BCUT2D eigenvalue weighted by Crippen LogP contribution is -2.26. The topological polar surface area (TPSA) is 61.9 Å². The van der Waals surface area contributed by atoms with Gasteiger partial charge in [-0.15, -0.1) is 5.10 Å². The smallest absolute Gasteiger partial charge is 0.302 e. The molecule has 0 amide bonds. The summed E-state index contributed by atoms with van der Waals surface area (Å²) in [5, 5.41) is 9.31. The summed E-state index contributed by atoms with van der Waals surface area (Å²) in [6.45, 7) is 2.23. The van der Waals surface area contributed by atoms with Crippen LogP contribution in [0.15, 0.2) is 48.7 Å². The lowest BCUT2D eigenvalue weighted by atomic mass is 10.00. The van der Waals surface area contributed by atoms with Gasteiger partial charge < -0.3 is 9.30 Å². The van der Waals surface area contributed by atoms with Crippen LogP contribution in [0.3, 0.4) is 0 Å². The van der Waals surface area contributed by atoms with E-state index in [1.807, 2.05) is 15.3 Å². The summed E-state index contributed by atoms with van der Waals surface area (Å²) < 4.78 is 37.3. The molecular weight excluding hydrogens is 426 g/mol. The Balaban J connectivity index is 1.46. The van der Waals surface area contributed by atoms with Gasteiger partial charge in [0.1, 0.15) is 11.6 Å². The lowest BCUT2D eigenvalue weighted by Gasteiger charge is -2.27. The van der Waals surface area contributed by atoms with Gasteiger partial charge in [0.2, 0.25) is 0 Å². The third-order valence-corrected chi connectivity index (χ3v) is 6.31. The Morgan fingerprint density at radius 3 is 2.79 bits per heavy atom. The molecule has 5 rings (SSSR count). The Labute approximate surface area is 189 Å². The second kappa shape index (κ2) is 8.77. The molecule has 0 unspecified atom stereocenters. The second-order valence-electron chi connectivity index (χ2n) is 8.43. The number of hydrogen-bond donors (Lipinski definition) is 0. The molecule has 0 bridgehead atoms. The van der Waals surface area contributed by atoms with Crippen LogP contribution in [0.2, 0.25) is 0 Å². The predicted octanol–water partition coefficient (Wildman–Crippen LogP) is 4.39. The highest BCUT2D eigenvalue weighted by Gasteiger charge is 2.28. The molecule has 0 fully saturated rings. The van der Waals surface area contributed by atoms with Gasteiger partial charge in [0.25, 0.3) is 0 Å². The molecule has 2 aromatic heterocycles. The number of carbonyl (C=O) groups excluding carboxylic acids is 1. The average molecular weight is 450 g/mol. The van der Waals surface area contributed by atoms with Gasteiger partial charge in [-0.25, -0.2) is 13.5 Å². The average Bonchev–Trinajstić information content (AvgIpc) is 3.38. The van der Waals surface area contributed by atoms with E-state index in [0.717, 1.165) is 40.7 Å². The molecule has 2 aromatic carbocycles. The maximum atomic E-state index is 14.9. The van der Waals surface area contributed by atoms with Gasteiger partial charge >= 0.3 is 5.97 Å². The Bertz CT molecular complexity index is 1310. The number of ether oxygens (including phenoxy) is 1.